The van der Waals surface area contributed by atoms with E-state index in [1.54, 1.807) is 0 Å². The Labute approximate surface area is 180 Å². The maximum absolute atomic E-state index is 12.4. The SMILES string of the molecule is COC(=O)C[C@H]1O[C@H]1[C@H](Cc1ccccc1)NC(=O)CNC(=O)OCc1ccccc1. The Kier molecular flexibility index (Phi) is 8.00. The summed E-state index contributed by atoms with van der Waals surface area (Å²) in [5, 5.41) is 5.34. The van der Waals surface area contributed by atoms with Gasteiger partial charge in [0.2, 0.25) is 5.91 Å². The molecule has 1 heterocycles. The van der Waals surface area contributed by atoms with Gasteiger partial charge in [-0.15, -0.1) is 0 Å². The van der Waals surface area contributed by atoms with Crippen molar-refractivity contribution in [3.63, 3.8) is 0 Å². The van der Waals surface area contributed by atoms with Crippen LogP contribution < -0.4 is 10.6 Å². The smallest absolute Gasteiger partial charge is 0.407 e. The predicted octanol–water partition coefficient (Wildman–Crippen LogP) is 1.97. The first-order valence-corrected chi connectivity index (χ1v) is 10.0. The number of benzene rings is 2. The summed E-state index contributed by atoms with van der Waals surface area (Å²) in [6.07, 6.45) is -0.608. The molecule has 1 fully saturated rings. The van der Waals surface area contributed by atoms with Crippen molar-refractivity contribution < 1.29 is 28.6 Å². The number of amides is 2. The molecule has 8 heteroatoms. The molecule has 2 aromatic rings. The molecule has 3 atom stereocenters. The molecule has 1 aliphatic rings. The van der Waals surface area contributed by atoms with Gasteiger partial charge in [0, 0.05) is 0 Å². The molecule has 0 spiro atoms. The van der Waals surface area contributed by atoms with E-state index in [2.05, 4.69) is 15.4 Å². The number of hydrogen-bond acceptors (Lipinski definition) is 6. The predicted molar refractivity (Wildman–Crippen MR) is 112 cm³/mol. The minimum atomic E-state index is -0.676. The van der Waals surface area contributed by atoms with E-state index in [1.165, 1.54) is 7.11 Å². The van der Waals surface area contributed by atoms with Gasteiger partial charge >= 0.3 is 12.1 Å². The third-order valence-electron chi connectivity index (χ3n) is 4.86. The average Bonchev–Trinajstić information content (AvgIpc) is 3.56. The fourth-order valence-corrected chi connectivity index (χ4v) is 3.22. The van der Waals surface area contributed by atoms with E-state index < -0.39 is 6.09 Å². The van der Waals surface area contributed by atoms with Crippen LogP contribution in [0.5, 0.6) is 0 Å². The highest BCUT2D eigenvalue weighted by molar-refractivity contribution is 5.82. The van der Waals surface area contributed by atoms with Crippen molar-refractivity contribution in [3.8, 4) is 0 Å². The van der Waals surface area contributed by atoms with Gasteiger partial charge in [0.05, 0.1) is 25.7 Å². The molecule has 2 aromatic carbocycles. The first kappa shape index (κ1) is 22.3. The Hall–Kier alpha value is -3.39. The van der Waals surface area contributed by atoms with Crippen LogP contribution in [0.15, 0.2) is 60.7 Å². The van der Waals surface area contributed by atoms with Gasteiger partial charge in [0.1, 0.15) is 19.3 Å². The number of epoxide rings is 1. The van der Waals surface area contributed by atoms with E-state index in [1.807, 2.05) is 60.7 Å². The topological polar surface area (TPSA) is 106 Å². The summed E-state index contributed by atoms with van der Waals surface area (Å²) in [5.41, 5.74) is 1.88. The molecule has 2 amide bonds. The molecule has 1 saturated heterocycles. The number of esters is 1. The van der Waals surface area contributed by atoms with E-state index in [0.29, 0.717) is 6.42 Å². The summed E-state index contributed by atoms with van der Waals surface area (Å²) < 4.78 is 15.4. The molecule has 0 bridgehead atoms. The Morgan fingerprint density at radius 1 is 1.00 bits per heavy atom. The van der Waals surface area contributed by atoms with Gasteiger partial charge in [-0.3, -0.25) is 9.59 Å². The van der Waals surface area contributed by atoms with Gasteiger partial charge in [-0.1, -0.05) is 60.7 Å². The summed E-state index contributed by atoms with van der Waals surface area (Å²) >= 11 is 0. The maximum atomic E-state index is 12.4. The van der Waals surface area contributed by atoms with E-state index in [-0.39, 0.29) is 49.7 Å². The first-order chi connectivity index (χ1) is 15.0. The molecule has 0 radical (unpaired) electrons. The lowest BCUT2D eigenvalue weighted by molar-refractivity contribution is -0.140. The molecule has 164 valence electrons. The molecule has 0 aromatic heterocycles. The zero-order chi connectivity index (χ0) is 22.1. The number of ether oxygens (including phenoxy) is 3. The Morgan fingerprint density at radius 2 is 1.65 bits per heavy atom. The molecule has 0 unspecified atom stereocenters. The lowest BCUT2D eigenvalue weighted by Gasteiger charge is -2.17. The summed E-state index contributed by atoms with van der Waals surface area (Å²) in [4.78, 5) is 35.8. The number of carbonyl (C=O) groups excluding carboxylic acids is 3. The molecular weight excluding hydrogens is 400 g/mol. The van der Waals surface area contributed by atoms with E-state index in [0.717, 1.165) is 11.1 Å². The highest BCUT2D eigenvalue weighted by Gasteiger charge is 2.46. The minimum Gasteiger partial charge on any atom is -0.469 e. The highest BCUT2D eigenvalue weighted by Crippen LogP contribution is 2.30. The number of carbonyl (C=O) groups is 3. The Bertz CT molecular complexity index is 874. The van der Waals surface area contributed by atoms with Gasteiger partial charge in [-0.25, -0.2) is 4.79 Å². The summed E-state index contributed by atoms with van der Waals surface area (Å²) in [5.74, 6) is -0.731. The summed E-state index contributed by atoms with van der Waals surface area (Å²) in [7, 11) is 1.32. The van der Waals surface area contributed by atoms with Gasteiger partial charge < -0.3 is 24.8 Å². The van der Waals surface area contributed by atoms with E-state index in [4.69, 9.17) is 9.47 Å². The highest BCUT2D eigenvalue weighted by atomic mass is 16.6. The molecule has 8 nitrogen and oxygen atoms in total. The van der Waals surface area contributed by atoms with Crippen molar-refractivity contribution in [2.24, 2.45) is 0 Å². The standard InChI is InChI=1S/C23H26N2O6/c1-29-21(27)13-19-22(31-19)18(12-16-8-4-2-5-9-16)25-20(26)14-24-23(28)30-15-17-10-6-3-7-11-17/h2-11,18-19,22H,12-15H2,1H3,(H,24,28)(H,25,26)/t18-,19+,22-/m0/s1. The minimum absolute atomic E-state index is 0.121. The van der Waals surface area contributed by atoms with E-state index >= 15 is 0 Å². The van der Waals surface area contributed by atoms with Crippen molar-refractivity contribution in [2.75, 3.05) is 13.7 Å². The number of nitrogens with one attached hydrogen (secondary N) is 2. The third-order valence-corrected chi connectivity index (χ3v) is 4.86. The quantitative estimate of drug-likeness (QED) is 0.444. The molecule has 0 saturated carbocycles. The van der Waals surface area contributed by atoms with E-state index in [9.17, 15) is 14.4 Å². The molecule has 0 aliphatic carbocycles. The lowest BCUT2D eigenvalue weighted by Crippen LogP contribution is -2.46. The van der Waals surface area contributed by atoms with Crippen LogP contribution in [0.25, 0.3) is 0 Å². The Morgan fingerprint density at radius 3 is 2.29 bits per heavy atom. The second-order valence-corrected chi connectivity index (χ2v) is 7.20. The molecule has 3 rings (SSSR count). The molecule has 31 heavy (non-hydrogen) atoms. The summed E-state index contributed by atoms with van der Waals surface area (Å²) in [6.45, 7) is -0.108. The van der Waals surface area contributed by atoms with Crippen LogP contribution in [0.4, 0.5) is 4.79 Å². The number of alkyl carbamates (subject to hydrolysis) is 1. The van der Waals surface area contributed by atoms with Crippen LogP contribution in [0.2, 0.25) is 0 Å². The molecule has 2 N–H and O–H groups in total. The zero-order valence-corrected chi connectivity index (χ0v) is 17.3. The monoisotopic (exact) mass is 426 g/mol. The van der Waals surface area contributed by atoms with Crippen LogP contribution in [0, 0.1) is 0 Å². The van der Waals surface area contributed by atoms with Crippen LogP contribution in [0.3, 0.4) is 0 Å². The fourth-order valence-electron chi connectivity index (χ4n) is 3.22. The second kappa shape index (κ2) is 11.1. The number of methoxy groups -OCH3 is 1. The van der Waals surface area contributed by atoms with Crippen LogP contribution in [-0.4, -0.2) is 49.9 Å². The average molecular weight is 426 g/mol. The van der Waals surface area contributed by atoms with Gasteiger partial charge in [0.15, 0.2) is 0 Å². The van der Waals surface area contributed by atoms with Crippen LogP contribution in [-0.2, 0) is 36.8 Å². The fraction of sp³-hybridized carbons (Fsp3) is 0.348. The largest absolute Gasteiger partial charge is 0.469 e. The summed E-state index contributed by atoms with van der Waals surface area (Å²) in [6, 6.07) is 18.6. The van der Waals surface area contributed by atoms with Crippen LogP contribution >= 0.6 is 0 Å². The van der Waals surface area contributed by atoms with Gasteiger partial charge in [0.25, 0.3) is 0 Å². The number of hydrogen-bond donors (Lipinski definition) is 2. The molecule has 1 aliphatic heterocycles. The van der Waals surface area contributed by atoms with Crippen molar-refractivity contribution in [1.29, 1.82) is 0 Å². The van der Waals surface area contributed by atoms with Crippen LogP contribution in [0.1, 0.15) is 17.5 Å². The second-order valence-electron chi connectivity index (χ2n) is 7.20. The zero-order valence-electron chi connectivity index (χ0n) is 17.3. The van der Waals surface area contributed by atoms with Crippen molar-refractivity contribution in [1.82, 2.24) is 10.6 Å². The maximum Gasteiger partial charge on any atom is 0.407 e. The third kappa shape index (κ3) is 7.42. The van der Waals surface area contributed by atoms with Gasteiger partial charge in [-0.05, 0) is 17.5 Å². The van der Waals surface area contributed by atoms with Crippen molar-refractivity contribution in [3.05, 3.63) is 71.8 Å². The lowest BCUT2D eigenvalue weighted by atomic mass is 10.0. The van der Waals surface area contributed by atoms with Crippen molar-refractivity contribution in [2.45, 2.75) is 37.7 Å². The first-order valence-electron chi connectivity index (χ1n) is 10.0. The number of rotatable bonds is 10. The Balaban J connectivity index is 1.48. The van der Waals surface area contributed by atoms with Crippen molar-refractivity contribution >= 4 is 18.0 Å². The normalized spacial score (nSPS) is 17.8. The molecular formula is C23H26N2O6. The van der Waals surface area contributed by atoms with Gasteiger partial charge in [-0.2, -0.15) is 0 Å².